The lowest BCUT2D eigenvalue weighted by atomic mass is 9.92. The van der Waals surface area contributed by atoms with E-state index in [-0.39, 0.29) is 11.8 Å². The van der Waals surface area contributed by atoms with Gasteiger partial charge in [-0.2, -0.15) is 0 Å². The van der Waals surface area contributed by atoms with E-state index in [2.05, 4.69) is 31.3 Å². The molecule has 2 atom stereocenters. The van der Waals surface area contributed by atoms with Gasteiger partial charge in [0.05, 0.1) is 5.92 Å². The summed E-state index contributed by atoms with van der Waals surface area (Å²) in [5.41, 5.74) is 2.43. The third-order valence-electron chi connectivity index (χ3n) is 4.03. The zero-order chi connectivity index (χ0) is 13.8. The van der Waals surface area contributed by atoms with Gasteiger partial charge in [-0.05, 0) is 24.0 Å². The first-order chi connectivity index (χ1) is 9.11. The highest BCUT2D eigenvalue weighted by Crippen LogP contribution is 2.25. The summed E-state index contributed by atoms with van der Waals surface area (Å²) in [5.74, 6) is 0.907. The second-order valence-corrected chi connectivity index (χ2v) is 5.67. The van der Waals surface area contributed by atoms with Gasteiger partial charge < -0.3 is 10.2 Å². The first kappa shape index (κ1) is 13.9. The van der Waals surface area contributed by atoms with Crippen molar-refractivity contribution in [2.24, 2.45) is 11.8 Å². The van der Waals surface area contributed by atoms with E-state index in [0.29, 0.717) is 5.92 Å². The molecule has 3 heteroatoms. The lowest BCUT2D eigenvalue weighted by Crippen LogP contribution is -2.41. The van der Waals surface area contributed by atoms with Gasteiger partial charge in [-0.1, -0.05) is 38.5 Å². The number of hydrogen-bond acceptors (Lipinski definition) is 2. The van der Waals surface area contributed by atoms with Crippen LogP contribution in [0.15, 0.2) is 24.3 Å². The Morgan fingerprint density at radius 3 is 2.95 bits per heavy atom. The molecular weight excluding hydrogens is 236 g/mol. The third kappa shape index (κ3) is 3.28. The lowest BCUT2D eigenvalue weighted by Gasteiger charge is -2.30. The van der Waals surface area contributed by atoms with E-state index in [1.165, 1.54) is 11.3 Å². The largest absolute Gasteiger partial charge is 0.384 e. The number of carbonyl (C=O) groups is 1. The second-order valence-electron chi connectivity index (χ2n) is 5.67. The van der Waals surface area contributed by atoms with Crippen molar-refractivity contribution in [3.05, 3.63) is 29.8 Å². The predicted molar refractivity (Wildman–Crippen MR) is 79.2 cm³/mol. The number of carbonyl (C=O) groups excluding carboxylic acids is 1. The van der Waals surface area contributed by atoms with Gasteiger partial charge in [-0.15, -0.1) is 0 Å². The zero-order valence-corrected chi connectivity index (χ0v) is 12.1. The predicted octanol–water partition coefficient (Wildman–Crippen LogP) is 2.78. The van der Waals surface area contributed by atoms with E-state index in [0.717, 1.165) is 25.9 Å². The van der Waals surface area contributed by atoms with Crippen LogP contribution < -0.4 is 5.32 Å². The van der Waals surface area contributed by atoms with Crippen molar-refractivity contribution in [2.45, 2.75) is 26.7 Å². The van der Waals surface area contributed by atoms with Gasteiger partial charge in [0, 0.05) is 25.8 Å². The smallest absolute Gasteiger partial charge is 0.227 e. The highest BCUT2D eigenvalue weighted by Gasteiger charge is 2.26. The van der Waals surface area contributed by atoms with Crippen LogP contribution >= 0.6 is 0 Å². The quantitative estimate of drug-likeness (QED) is 0.903. The summed E-state index contributed by atoms with van der Waals surface area (Å²) in [5, 5.41) is 3.37. The van der Waals surface area contributed by atoms with Crippen molar-refractivity contribution in [1.82, 2.24) is 4.90 Å². The molecule has 0 fully saturated rings. The molecule has 0 radical (unpaired) electrons. The normalized spacial score (nSPS) is 19.2. The minimum Gasteiger partial charge on any atom is -0.384 e. The molecule has 3 nitrogen and oxygen atoms in total. The Kier molecular flexibility index (Phi) is 4.46. The van der Waals surface area contributed by atoms with E-state index in [9.17, 15) is 4.79 Å². The van der Waals surface area contributed by atoms with Gasteiger partial charge >= 0.3 is 0 Å². The molecule has 0 spiro atoms. The molecule has 1 amide bonds. The minimum absolute atomic E-state index is 0.0731. The fourth-order valence-electron chi connectivity index (χ4n) is 2.61. The van der Waals surface area contributed by atoms with Crippen LogP contribution in [0.1, 0.15) is 25.8 Å². The molecule has 0 saturated heterocycles. The molecule has 1 N–H and O–H groups in total. The Morgan fingerprint density at radius 2 is 2.21 bits per heavy atom. The molecular formula is C16H24N2O. The number of fused-ring (bicyclic) bond motifs is 1. The van der Waals surface area contributed by atoms with E-state index in [1.807, 2.05) is 24.1 Å². The molecule has 0 aromatic heterocycles. The molecule has 104 valence electrons. The number of benzene rings is 1. The molecule has 1 aliphatic rings. The molecule has 2 unspecified atom stereocenters. The lowest BCUT2D eigenvalue weighted by molar-refractivity contribution is -0.134. The molecule has 1 aromatic carbocycles. The average Bonchev–Trinajstić information content (AvgIpc) is 2.45. The first-order valence-electron chi connectivity index (χ1n) is 7.18. The standard InChI is InChI=1S/C16H24N2O/c1-4-12(2)11-18(3)16(19)14-9-13-7-5-6-8-15(13)17-10-14/h5-8,12,14,17H,4,9-11H2,1-3H3. The first-order valence-corrected chi connectivity index (χ1v) is 7.18. The zero-order valence-electron chi connectivity index (χ0n) is 12.1. The molecule has 0 aliphatic carbocycles. The fourth-order valence-corrected chi connectivity index (χ4v) is 2.61. The van der Waals surface area contributed by atoms with Crippen LogP contribution in [0, 0.1) is 11.8 Å². The average molecular weight is 260 g/mol. The van der Waals surface area contributed by atoms with E-state index in [1.54, 1.807) is 0 Å². The summed E-state index contributed by atoms with van der Waals surface area (Å²) < 4.78 is 0. The molecule has 1 aliphatic heterocycles. The van der Waals surface area contributed by atoms with Gasteiger partial charge in [0.1, 0.15) is 0 Å². The van der Waals surface area contributed by atoms with Gasteiger partial charge in [-0.3, -0.25) is 4.79 Å². The topological polar surface area (TPSA) is 32.3 Å². The SMILES string of the molecule is CCC(C)CN(C)C(=O)C1CNc2ccccc2C1. The molecule has 0 saturated carbocycles. The Hall–Kier alpha value is -1.51. The summed E-state index contributed by atoms with van der Waals surface area (Å²) in [6.07, 6.45) is 1.97. The Labute approximate surface area is 116 Å². The maximum atomic E-state index is 12.4. The maximum Gasteiger partial charge on any atom is 0.227 e. The summed E-state index contributed by atoms with van der Waals surface area (Å²) in [7, 11) is 1.93. The third-order valence-corrected chi connectivity index (χ3v) is 4.03. The van der Waals surface area contributed by atoms with Crippen LogP contribution in [0.25, 0.3) is 0 Å². The number of nitrogens with zero attached hydrogens (tertiary/aromatic N) is 1. The van der Waals surface area contributed by atoms with Crippen LogP contribution in [-0.2, 0) is 11.2 Å². The fraction of sp³-hybridized carbons (Fsp3) is 0.562. The van der Waals surface area contributed by atoms with Gasteiger partial charge in [0.25, 0.3) is 0 Å². The summed E-state index contributed by atoms with van der Waals surface area (Å²) in [4.78, 5) is 14.3. The molecule has 0 bridgehead atoms. The van der Waals surface area contributed by atoms with Crippen molar-refractivity contribution in [1.29, 1.82) is 0 Å². The highest BCUT2D eigenvalue weighted by atomic mass is 16.2. The van der Waals surface area contributed by atoms with Gasteiger partial charge in [0.2, 0.25) is 5.91 Å². The van der Waals surface area contributed by atoms with Crippen molar-refractivity contribution in [2.75, 3.05) is 25.5 Å². The molecule has 19 heavy (non-hydrogen) atoms. The number of amides is 1. The van der Waals surface area contributed by atoms with Gasteiger partial charge in [0.15, 0.2) is 0 Å². The molecule has 2 rings (SSSR count). The number of anilines is 1. The van der Waals surface area contributed by atoms with Crippen molar-refractivity contribution in [3.63, 3.8) is 0 Å². The number of para-hydroxylation sites is 1. The van der Waals surface area contributed by atoms with Crippen LogP contribution in [0.5, 0.6) is 0 Å². The minimum atomic E-state index is 0.0731. The van der Waals surface area contributed by atoms with Gasteiger partial charge in [-0.25, -0.2) is 0 Å². The summed E-state index contributed by atoms with van der Waals surface area (Å²) in [6, 6.07) is 8.26. The number of hydrogen-bond donors (Lipinski definition) is 1. The Balaban J connectivity index is 1.98. The number of rotatable bonds is 4. The molecule has 1 aromatic rings. The van der Waals surface area contributed by atoms with E-state index >= 15 is 0 Å². The van der Waals surface area contributed by atoms with Crippen molar-refractivity contribution >= 4 is 11.6 Å². The second kappa shape index (κ2) is 6.09. The van der Waals surface area contributed by atoms with Crippen LogP contribution in [0.2, 0.25) is 0 Å². The maximum absolute atomic E-state index is 12.4. The van der Waals surface area contributed by atoms with E-state index < -0.39 is 0 Å². The monoisotopic (exact) mass is 260 g/mol. The Morgan fingerprint density at radius 1 is 1.47 bits per heavy atom. The number of nitrogens with one attached hydrogen (secondary N) is 1. The van der Waals surface area contributed by atoms with Crippen molar-refractivity contribution in [3.8, 4) is 0 Å². The van der Waals surface area contributed by atoms with Crippen LogP contribution in [0.4, 0.5) is 5.69 Å². The molecule has 1 heterocycles. The summed E-state index contributed by atoms with van der Waals surface area (Å²) >= 11 is 0. The van der Waals surface area contributed by atoms with Crippen LogP contribution in [0.3, 0.4) is 0 Å². The van der Waals surface area contributed by atoms with E-state index in [4.69, 9.17) is 0 Å². The highest BCUT2D eigenvalue weighted by molar-refractivity contribution is 5.80. The Bertz CT molecular complexity index is 444. The van der Waals surface area contributed by atoms with Crippen molar-refractivity contribution < 1.29 is 4.79 Å². The summed E-state index contributed by atoms with van der Waals surface area (Å²) in [6.45, 7) is 5.97. The van der Waals surface area contributed by atoms with Crippen LogP contribution in [-0.4, -0.2) is 30.9 Å².